The number of anilines is 3. The van der Waals surface area contributed by atoms with Gasteiger partial charge in [-0.1, -0.05) is 17.3 Å². The molecule has 0 spiro atoms. The number of hydrogen-bond donors (Lipinski definition) is 0. The van der Waals surface area contributed by atoms with Crippen LogP contribution in [0.4, 0.5) is 21.5 Å². The van der Waals surface area contributed by atoms with Crippen LogP contribution < -0.4 is 9.80 Å². The normalized spacial score (nSPS) is 19.8. The maximum Gasteiger partial charge on any atom is 0.258 e. The van der Waals surface area contributed by atoms with E-state index in [1.807, 2.05) is 13.8 Å². The number of nitrogens with zero attached hydrogens (tertiary/aromatic N) is 5. The molecular formula is C43H44FN5O4. The van der Waals surface area contributed by atoms with Gasteiger partial charge in [-0.15, -0.1) is 0 Å². The molecule has 1 atom stereocenters. The third-order valence-electron chi connectivity index (χ3n) is 12.0. The van der Waals surface area contributed by atoms with Gasteiger partial charge in [0.05, 0.1) is 23.8 Å². The highest BCUT2D eigenvalue weighted by Crippen LogP contribution is 2.50. The van der Waals surface area contributed by atoms with Crippen LogP contribution in [0.1, 0.15) is 89.9 Å². The molecule has 9 nitrogen and oxygen atoms in total. The zero-order valence-corrected chi connectivity index (χ0v) is 30.6. The first-order chi connectivity index (χ1) is 25.5. The van der Waals surface area contributed by atoms with Crippen molar-refractivity contribution in [3.05, 3.63) is 106 Å². The van der Waals surface area contributed by atoms with Crippen molar-refractivity contribution in [2.45, 2.75) is 90.3 Å². The molecule has 0 radical (unpaired) electrons. The average Bonchev–Trinajstić information content (AvgIpc) is 3.81. The molecule has 53 heavy (non-hydrogen) atoms. The lowest BCUT2D eigenvalue weighted by molar-refractivity contribution is -0.133. The molecular weight excluding hydrogens is 670 g/mol. The maximum absolute atomic E-state index is 15.6. The predicted octanol–water partition coefficient (Wildman–Crippen LogP) is 8.41. The molecule has 1 amide bonds. The van der Waals surface area contributed by atoms with Gasteiger partial charge in [0.15, 0.2) is 5.78 Å². The molecule has 0 N–H and O–H groups in total. The Kier molecular flexibility index (Phi) is 8.92. The number of Topliss-reactive ketones (excluding diaryl/α,β-unsaturated/α-hetero) is 2. The highest BCUT2D eigenvalue weighted by Gasteiger charge is 2.52. The van der Waals surface area contributed by atoms with Crippen LogP contribution in [0.5, 0.6) is 0 Å². The van der Waals surface area contributed by atoms with Gasteiger partial charge in [0.1, 0.15) is 17.4 Å². The summed E-state index contributed by atoms with van der Waals surface area (Å²) in [5.41, 5.74) is 8.55. The number of fused-ring (bicyclic) bond motifs is 1. The van der Waals surface area contributed by atoms with Crippen molar-refractivity contribution in [3.63, 3.8) is 0 Å². The van der Waals surface area contributed by atoms with Crippen molar-refractivity contribution < 1.29 is 23.3 Å². The molecule has 2 aliphatic heterocycles. The van der Waals surface area contributed by atoms with Crippen molar-refractivity contribution in [3.8, 4) is 11.1 Å². The van der Waals surface area contributed by atoms with Crippen LogP contribution in [0.2, 0.25) is 0 Å². The average molecular weight is 714 g/mol. The third-order valence-corrected chi connectivity index (χ3v) is 12.0. The first-order valence-electron chi connectivity index (χ1n) is 18.8. The molecule has 272 valence electrons. The van der Waals surface area contributed by atoms with Crippen molar-refractivity contribution in [2.24, 2.45) is 5.92 Å². The summed E-state index contributed by atoms with van der Waals surface area (Å²) in [5.74, 6) is 0.158. The zero-order chi connectivity index (χ0) is 37.0. The van der Waals surface area contributed by atoms with Crippen LogP contribution in [-0.4, -0.2) is 53.2 Å². The number of aromatic nitrogens is 1. The fourth-order valence-corrected chi connectivity index (χ4v) is 8.68. The fourth-order valence-electron chi connectivity index (χ4n) is 8.68. The largest absolute Gasteiger partial charge is 0.369 e. The van der Waals surface area contributed by atoms with E-state index in [4.69, 9.17) is 11.1 Å². The van der Waals surface area contributed by atoms with E-state index in [0.717, 1.165) is 89.3 Å². The molecule has 10 heteroatoms. The second kappa shape index (κ2) is 13.6. The number of amides is 1. The van der Waals surface area contributed by atoms with Crippen LogP contribution in [0.3, 0.4) is 0 Å². The van der Waals surface area contributed by atoms with Crippen molar-refractivity contribution in [2.75, 3.05) is 29.4 Å². The number of benzene rings is 3. The van der Waals surface area contributed by atoms with Crippen molar-refractivity contribution >= 4 is 34.5 Å². The van der Waals surface area contributed by atoms with Crippen LogP contribution in [0.25, 0.3) is 16.0 Å². The van der Waals surface area contributed by atoms with Crippen LogP contribution in [0, 0.1) is 39.1 Å². The topological polar surface area (TPSA) is 91.3 Å². The van der Waals surface area contributed by atoms with E-state index < -0.39 is 11.9 Å². The van der Waals surface area contributed by atoms with E-state index in [1.54, 1.807) is 6.07 Å². The Morgan fingerprint density at radius 1 is 1.00 bits per heavy atom. The Hall–Kier alpha value is -5.30. The Morgan fingerprint density at radius 2 is 1.75 bits per heavy atom. The number of hydrogen-bond acceptors (Lipinski definition) is 7. The molecule has 4 aromatic rings. The highest BCUT2D eigenvalue weighted by atomic mass is 19.1. The molecule has 0 bridgehead atoms. The van der Waals surface area contributed by atoms with Gasteiger partial charge >= 0.3 is 0 Å². The van der Waals surface area contributed by atoms with Gasteiger partial charge in [0.25, 0.3) is 11.4 Å². The smallest absolute Gasteiger partial charge is 0.258 e. The second-order valence-corrected chi connectivity index (χ2v) is 15.4. The van der Waals surface area contributed by atoms with Gasteiger partial charge in [-0.25, -0.2) is 11.0 Å². The number of aryl methyl sites for hydroxylation is 3. The summed E-state index contributed by atoms with van der Waals surface area (Å²) >= 11 is 0. The van der Waals surface area contributed by atoms with E-state index in [9.17, 15) is 14.4 Å². The van der Waals surface area contributed by atoms with Crippen LogP contribution in [0.15, 0.2) is 59.1 Å². The van der Waals surface area contributed by atoms with Crippen molar-refractivity contribution in [1.82, 2.24) is 10.1 Å². The van der Waals surface area contributed by atoms with Gasteiger partial charge in [-0.3, -0.25) is 14.4 Å². The van der Waals surface area contributed by atoms with Gasteiger partial charge in [-0.2, -0.15) is 0 Å². The number of piperidine rings is 1. The molecule has 2 aliphatic carbocycles. The predicted molar refractivity (Wildman–Crippen MR) is 201 cm³/mol. The minimum Gasteiger partial charge on any atom is -0.369 e. The molecule has 2 saturated carbocycles. The van der Waals surface area contributed by atoms with E-state index in [-0.39, 0.29) is 42.4 Å². The number of ketones is 2. The Morgan fingerprint density at radius 3 is 2.42 bits per heavy atom. The number of carbonyl (C=O) groups is 3. The minimum atomic E-state index is -0.622. The zero-order valence-electron chi connectivity index (χ0n) is 30.6. The third kappa shape index (κ3) is 6.40. The molecule has 4 aliphatic rings. The SMILES string of the molecule is [C-]#[N+]C1(c2ccc(N(CCC3CCN(c4cc5c(cc4F)C(=O)N(C4CCC(=O)CC4=O)C5)CC3)c3cc(-c4c(C)noc4C)ccc3C)cc2)CC1. The molecule has 3 aromatic carbocycles. The first-order valence-corrected chi connectivity index (χ1v) is 18.8. The van der Waals surface area contributed by atoms with E-state index in [1.165, 1.54) is 11.0 Å². The van der Waals surface area contributed by atoms with E-state index in [0.29, 0.717) is 36.7 Å². The Labute approximate surface area is 309 Å². The quantitative estimate of drug-likeness (QED) is 0.127. The van der Waals surface area contributed by atoms with E-state index >= 15 is 4.39 Å². The molecule has 1 aromatic heterocycles. The lowest BCUT2D eigenvalue weighted by Crippen LogP contribution is -2.44. The minimum absolute atomic E-state index is 0.0876. The summed E-state index contributed by atoms with van der Waals surface area (Å²) in [6.07, 6.45) is 5.06. The summed E-state index contributed by atoms with van der Waals surface area (Å²) in [5, 5.41) is 4.19. The highest BCUT2D eigenvalue weighted by molar-refractivity contribution is 6.07. The summed E-state index contributed by atoms with van der Waals surface area (Å²) < 4.78 is 21.1. The summed E-state index contributed by atoms with van der Waals surface area (Å²) in [7, 11) is 0. The van der Waals surface area contributed by atoms with Crippen LogP contribution in [-0.2, 0) is 21.7 Å². The van der Waals surface area contributed by atoms with Gasteiger partial charge in [0, 0.05) is 73.5 Å². The van der Waals surface area contributed by atoms with Crippen molar-refractivity contribution in [1.29, 1.82) is 0 Å². The lowest BCUT2D eigenvalue weighted by Gasteiger charge is -2.35. The molecule has 1 saturated heterocycles. The lowest BCUT2D eigenvalue weighted by atomic mass is 9.92. The first kappa shape index (κ1) is 34.8. The van der Waals surface area contributed by atoms with Gasteiger partial charge in [-0.05, 0) is 112 Å². The van der Waals surface area contributed by atoms with Gasteiger partial charge in [0.2, 0.25) is 0 Å². The molecule has 3 fully saturated rings. The molecule has 3 heterocycles. The summed E-state index contributed by atoms with van der Waals surface area (Å²) in [4.78, 5) is 47.5. The Balaban J connectivity index is 0.982. The number of halogens is 1. The Bertz CT molecular complexity index is 2140. The number of rotatable bonds is 9. The van der Waals surface area contributed by atoms with Crippen LogP contribution >= 0.6 is 0 Å². The number of carbonyl (C=O) groups excluding carboxylic acids is 3. The summed E-state index contributed by atoms with van der Waals surface area (Å²) in [6.45, 7) is 16.2. The fraction of sp³-hybridized carbons (Fsp3) is 0.419. The standard InChI is InChI=1S/C43H44FN5O4/c1-26-5-6-30(41-27(2)46-53-28(41)3)21-38(26)48(33-9-7-32(8-10-33)43(45-4)16-17-43)20-15-29-13-18-47(19-14-29)39-22-31-25-49(42(52)35(31)24-36(39)44)37-12-11-34(50)23-40(37)51/h5-10,21-22,24,29,37H,11-20,23,25H2,1-3H3. The van der Waals surface area contributed by atoms with E-state index in [2.05, 4.69) is 69.2 Å². The maximum atomic E-state index is 15.6. The summed E-state index contributed by atoms with van der Waals surface area (Å²) in [6, 6.07) is 17.5. The molecule has 8 rings (SSSR count). The second-order valence-electron chi connectivity index (χ2n) is 15.4. The molecule has 1 unspecified atom stereocenters. The monoisotopic (exact) mass is 713 g/mol. The van der Waals surface area contributed by atoms with Gasteiger partial charge < -0.3 is 24.1 Å².